The van der Waals surface area contributed by atoms with Gasteiger partial charge in [-0.2, -0.15) is 0 Å². The van der Waals surface area contributed by atoms with Crippen LogP contribution in [-0.4, -0.2) is 37.0 Å². The van der Waals surface area contributed by atoms with Crippen LogP contribution in [0.25, 0.3) is 0 Å². The van der Waals surface area contributed by atoms with Gasteiger partial charge in [0, 0.05) is 32.6 Å². The number of hydrogen-bond donors (Lipinski definition) is 1. The molecule has 4 nitrogen and oxygen atoms in total. The van der Waals surface area contributed by atoms with E-state index in [9.17, 15) is 0 Å². The standard InChI is InChI=1S/C17H29N3O.HI/c1-3-4-10-18-17(20-12-8-15(2)9-13-20)19-11-7-16-6-5-14-21-16;/h5-6,14-15H,3-4,7-13H2,1-2H3,(H,18,19);1H. The van der Waals surface area contributed by atoms with Crippen LogP contribution in [0.3, 0.4) is 0 Å². The number of aliphatic imine (C=N–C) groups is 1. The van der Waals surface area contributed by atoms with E-state index in [-0.39, 0.29) is 24.0 Å². The number of furan rings is 1. The maximum Gasteiger partial charge on any atom is 0.193 e. The molecule has 1 fully saturated rings. The Morgan fingerprint density at radius 3 is 2.82 bits per heavy atom. The van der Waals surface area contributed by atoms with Crippen LogP contribution in [-0.2, 0) is 6.42 Å². The smallest absolute Gasteiger partial charge is 0.193 e. The second kappa shape index (κ2) is 10.9. The van der Waals surface area contributed by atoms with Crippen molar-refractivity contribution in [3.8, 4) is 0 Å². The fourth-order valence-corrected chi connectivity index (χ4v) is 2.58. The molecule has 5 heteroatoms. The molecule has 0 atom stereocenters. The van der Waals surface area contributed by atoms with Gasteiger partial charge in [0.25, 0.3) is 0 Å². The number of piperidine rings is 1. The third kappa shape index (κ3) is 6.58. The van der Waals surface area contributed by atoms with Crippen molar-refractivity contribution < 1.29 is 4.42 Å². The van der Waals surface area contributed by atoms with E-state index in [0.29, 0.717) is 0 Å². The first-order valence-corrected chi connectivity index (χ1v) is 8.35. The summed E-state index contributed by atoms with van der Waals surface area (Å²) >= 11 is 0. The van der Waals surface area contributed by atoms with E-state index in [0.717, 1.165) is 56.7 Å². The molecular formula is C17H30IN3O. The summed E-state index contributed by atoms with van der Waals surface area (Å²) in [5.74, 6) is 2.96. The summed E-state index contributed by atoms with van der Waals surface area (Å²) in [5, 5.41) is 3.52. The number of hydrogen-bond acceptors (Lipinski definition) is 2. The van der Waals surface area contributed by atoms with Gasteiger partial charge in [-0.05, 0) is 37.3 Å². The van der Waals surface area contributed by atoms with Gasteiger partial charge >= 0.3 is 0 Å². The molecule has 0 amide bonds. The van der Waals surface area contributed by atoms with Crippen molar-refractivity contribution in [3.63, 3.8) is 0 Å². The van der Waals surface area contributed by atoms with E-state index in [4.69, 9.17) is 9.41 Å². The van der Waals surface area contributed by atoms with Crippen molar-refractivity contribution in [1.29, 1.82) is 0 Å². The highest BCUT2D eigenvalue weighted by Crippen LogP contribution is 2.16. The molecule has 1 aromatic rings. The molecule has 126 valence electrons. The van der Waals surface area contributed by atoms with Crippen molar-refractivity contribution >= 4 is 29.9 Å². The van der Waals surface area contributed by atoms with Crippen LogP contribution in [0, 0.1) is 5.92 Å². The number of likely N-dealkylation sites (tertiary alicyclic amines) is 1. The summed E-state index contributed by atoms with van der Waals surface area (Å²) in [6.07, 6.45) is 7.54. The molecule has 0 aliphatic carbocycles. The van der Waals surface area contributed by atoms with Gasteiger partial charge in [-0.25, -0.2) is 0 Å². The van der Waals surface area contributed by atoms with Crippen molar-refractivity contribution in [2.24, 2.45) is 10.9 Å². The Kier molecular flexibility index (Phi) is 9.59. The second-order valence-corrected chi connectivity index (χ2v) is 5.98. The first-order chi connectivity index (χ1) is 10.3. The van der Waals surface area contributed by atoms with Gasteiger partial charge in [0.15, 0.2) is 5.96 Å². The van der Waals surface area contributed by atoms with Crippen LogP contribution >= 0.6 is 24.0 Å². The topological polar surface area (TPSA) is 40.8 Å². The van der Waals surface area contributed by atoms with Gasteiger partial charge in [0.05, 0.1) is 6.26 Å². The highest BCUT2D eigenvalue weighted by molar-refractivity contribution is 14.0. The predicted octanol–water partition coefficient (Wildman–Crippen LogP) is 3.92. The fraction of sp³-hybridized carbons (Fsp3) is 0.706. The maximum atomic E-state index is 5.38. The first-order valence-electron chi connectivity index (χ1n) is 8.35. The molecule has 2 heterocycles. The molecule has 0 spiro atoms. The van der Waals surface area contributed by atoms with E-state index in [2.05, 4.69) is 24.1 Å². The molecule has 0 saturated carbocycles. The summed E-state index contributed by atoms with van der Waals surface area (Å²) in [5.41, 5.74) is 0. The van der Waals surface area contributed by atoms with Gasteiger partial charge in [-0.15, -0.1) is 24.0 Å². The molecule has 0 radical (unpaired) electrons. The molecule has 22 heavy (non-hydrogen) atoms. The zero-order valence-electron chi connectivity index (χ0n) is 13.9. The Morgan fingerprint density at radius 1 is 1.41 bits per heavy atom. The normalized spacial score (nSPS) is 16.5. The van der Waals surface area contributed by atoms with Crippen LogP contribution < -0.4 is 5.32 Å². The third-order valence-corrected chi connectivity index (χ3v) is 4.09. The van der Waals surface area contributed by atoms with Crippen molar-refractivity contribution in [1.82, 2.24) is 10.2 Å². The molecule has 0 unspecified atom stereocenters. The van der Waals surface area contributed by atoms with E-state index < -0.39 is 0 Å². The Bertz CT molecular complexity index is 412. The summed E-state index contributed by atoms with van der Waals surface area (Å²) in [6.45, 7) is 8.60. The van der Waals surface area contributed by atoms with Crippen LogP contribution in [0.4, 0.5) is 0 Å². The van der Waals surface area contributed by atoms with Crippen molar-refractivity contribution in [2.75, 3.05) is 26.2 Å². The van der Waals surface area contributed by atoms with Gasteiger partial charge < -0.3 is 14.6 Å². The zero-order chi connectivity index (χ0) is 14.9. The quantitative estimate of drug-likeness (QED) is 0.329. The summed E-state index contributed by atoms with van der Waals surface area (Å²) in [4.78, 5) is 7.20. The Balaban J connectivity index is 0.00000242. The number of nitrogens with one attached hydrogen (secondary N) is 1. The Labute approximate surface area is 151 Å². The van der Waals surface area contributed by atoms with Gasteiger partial charge in [-0.1, -0.05) is 20.3 Å². The Morgan fingerprint density at radius 2 is 2.18 bits per heavy atom. The van der Waals surface area contributed by atoms with E-state index in [1.807, 2.05) is 12.1 Å². The van der Waals surface area contributed by atoms with Gasteiger partial charge in [0.2, 0.25) is 0 Å². The zero-order valence-corrected chi connectivity index (χ0v) is 16.2. The number of halogens is 1. The minimum absolute atomic E-state index is 0. The number of rotatable bonds is 6. The van der Waals surface area contributed by atoms with E-state index in [1.54, 1.807) is 6.26 Å². The third-order valence-electron chi connectivity index (χ3n) is 4.09. The number of nitrogens with zero attached hydrogens (tertiary/aromatic N) is 2. The van der Waals surface area contributed by atoms with Crippen molar-refractivity contribution in [2.45, 2.75) is 46.0 Å². The molecule has 1 aliphatic rings. The molecule has 0 aromatic carbocycles. The summed E-state index contributed by atoms with van der Waals surface area (Å²) in [6, 6.07) is 3.97. The van der Waals surface area contributed by atoms with Crippen LogP contribution in [0.5, 0.6) is 0 Å². The molecule has 1 aliphatic heterocycles. The lowest BCUT2D eigenvalue weighted by Gasteiger charge is -2.33. The van der Waals surface area contributed by atoms with Crippen molar-refractivity contribution in [3.05, 3.63) is 24.2 Å². The Hall–Kier alpha value is -0.720. The lowest BCUT2D eigenvalue weighted by atomic mass is 9.99. The highest BCUT2D eigenvalue weighted by atomic mass is 127. The van der Waals surface area contributed by atoms with Gasteiger partial charge in [-0.3, -0.25) is 4.99 Å². The summed E-state index contributed by atoms with van der Waals surface area (Å²) < 4.78 is 5.38. The molecule has 0 bridgehead atoms. The van der Waals surface area contributed by atoms with E-state index >= 15 is 0 Å². The molecule has 1 aromatic heterocycles. The van der Waals surface area contributed by atoms with Crippen LogP contribution in [0.15, 0.2) is 27.8 Å². The molecule has 1 saturated heterocycles. The largest absolute Gasteiger partial charge is 0.469 e. The van der Waals surface area contributed by atoms with E-state index in [1.165, 1.54) is 19.3 Å². The first kappa shape index (κ1) is 19.3. The van der Waals surface area contributed by atoms with Gasteiger partial charge in [0.1, 0.15) is 5.76 Å². The monoisotopic (exact) mass is 419 g/mol. The molecular weight excluding hydrogens is 389 g/mol. The lowest BCUT2D eigenvalue weighted by molar-refractivity contribution is 0.273. The van der Waals surface area contributed by atoms with Crippen LogP contribution in [0.1, 0.15) is 45.3 Å². The fourth-order valence-electron chi connectivity index (χ4n) is 2.58. The van der Waals surface area contributed by atoms with Crippen LogP contribution in [0.2, 0.25) is 0 Å². The minimum atomic E-state index is 0. The average Bonchev–Trinajstić information content (AvgIpc) is 3.00. The number of unbranched alkanes of at least 4 members (excludes halogenated alkanes) is 1. The highest BCUT2D eigenvalue weighted by Gasteiger charge is 2.18. The lowest BCUT2D eigenvalue weighted by Crippen LogP contribution is -2.46. The molecule has 1 N–H and O–H groups in total. The second-order valence-electron chi connectivity index (χ2n) is 5.98. The predicted molar refractivity (Wildman–Crippen MR) is 103 cm³/mol. The average molecular weight is 419 g/mol. The molecule has 2 rings (SSSR count). The minimum Gasteiger partial charge on any atom is -0.469 e. The maximum absolute atomic E-state index is 5.38. The SMILES string of the molecule is CCCCN=C(NCCc1ccco1)N1CCC(C)CC1.I. The summed E-state index contributed by atoms with van der Waals surface area (Å²) in [7, 11) is 0. The number of guanidine groups is 1.